The van der Waals surface area contributed by atoms with Crippen LogP contribution in [0.3, 0.4) is 0 Å². The molecule has 7 heteroatoms. The van der Waals surface area contributed by atoms with Gasteiger partial charge >= 0.3 is 0 Å². The zero-order chi connectivity index (χ0) is 17.7. The minimum absolute atomic E-state index is 0.0853. The van der Waals surface area contributed by atoms with Crippen LogP contribution in [-0.4, -0.2) is 17.4 Å². The summed E-state index contributed by atoms with van der Waals surface area (Å²) < 4.78 is 5.35. The molecule has 0 saturated heterocycles. The molecule has 0 unspecified atom stereocenters. The van der Waals surface area contributed by atoms with Crippen LogP contribution in [0.2, 0.25) is 5.02 Å². The molecule has 0 aromatic heterocycles. The molecule has 0 spiro atoms. The van der Waals surface area contributed by atoms with Gasteiger partial charge in [0.05, 0.1) is 9.95 Å². The van der Waals surface area contributed by atoms with Crippen molar-refractivity contribution < 1.29 is 14.5 Å². The minimum Gasteiger partial charge on any atom is -0.482 e. The molecule has 6 nitrogen and oxygen atoms in total. The van der Waals surface area contributed by atoms with Crippen LogP contribution in [-0.2, 0) is 11.2 Å². The molecule has 0 atom stereocenters. The number of nitro groups is 1. The predicted molar refractivity (Wildman–Crippen MR) is 92.8 cm³/mol. The number of nitro benzene ring substituents is 1. The molecule has 0 aliphatic rings. The Morgan fingerprint density at radius 3 is 2.71 bits per heavy atom. The third kappa shape index (κ3) is 4.23. The number of anilines is 1. The zero-order valence-electron chi connectivity index (χ0n) is 13.3. The lowest BCUT2D eigenvalue weighted by molar-refractivity contribution is -0.384. The van der Waals surface area contributed by atoms with Crippen LogP contribution in [0.4, 0.5) is 11.4 Å². The molecule has 0 aliphatic carbocycles. The number of carbonyl (C=O) groups excluding carboxylic acids is 1. The first-order valence-corrected chi connectivity index (χ1v) is 7.75. The van der Waals surface area contributed by atoms with Crippen LogP contribution >= 0.6 is 11.6 Å². The molecule has 2 rings (SSSR count). The maximum absolute atomic E-state index is 12.1. The van der Waals surface area contributed by atoms with Crippen molar-refractivity contribution >= 4 is 28.9 Å². The van der Waals surface area contributed by atoms with Crippen molar-refractivity contribution in [3.8, 4) is 5.75 Å². The number of carbonyl (C=O) groups is 1. The Morgan fingerprint density at radius 2 is 2.08 bits per heavy atom. The van der Waals surface area contributed by atoms with Crippen molar-refractivity contribution in [2.24, 2.45) is 0 Å². The topological polar surface area (TPSA) is 81.5 Å². The molecule has 0 heterocycles. The number of non-ortho nitro benzene ring substituents is 1. The second-order valence-electron chi connectivity index (χ2n) is 5.17. The summed E-state index contributed by atoms with van der Waals surface area (Å²) >= 11 is 5.93. The Bertz CT molecular complexity index is 777. The third-order valence-corrected chi connectivity index (χ3v) is 3.78. The van der Waals surface area contributed by atoms with Gasteiger partial charge in [0.25, 0.3) is 11.6 Å². The first-order valence-electron chi connectivity index (χ1n) is 7.37. The summed E-state index contributed by atoms with van der Waals surface area (Å²) in [5.41, 5.74) is 2.65. The van der Waals surface area contributed by atoms with Gasteiger partial charge in [-0.15, -0.1) is 0 Å². The lowest BCUT2D eigenvalue weighted by Crippen LogP contribution is -2.21. The molecule has 1 amide bonds. The van der Waals surface area contributed by atoms with E-state index in [2.05, 4.69) is 5.32 Å². The second-order valence-corrected chi connectivity index (χ2v) is 5.58. The fraction of sp³-hybridized carbons (Fsp3) is 0.235. The van der Waals surface area contributed by atoms with Gasteiger partial charge in [-0.05, 0) is 30.5 Å². The Hall–Kier alpha value is -2.60. The van der Waals surface area contributed by atoms with Crippen LogP contribution < -0.4 is 10.1 Å². The zero-order valence-corrected chi connectivity index (χ0v) is 14.1. The normalized spacial score (nSPS) is 10.3. The van der Waals surface area contributed by atoms with Gasteiger partial charge in [0.15, 0.2) is 6.61 Å². The molecule has 0 bridgehead atoms. The molecular formula is C17H17ClN2O4. The number of aryl methyl sites for hydroxylation is 2. The van der Waals surface area contributed by atoms with Crippen molar-refractivity contribution in [2.75, 3.05) is 11.9 Å². The fourth-order valence-electron chi connectivity index (χ4n) is 2.24. The molecular weight excluding hydrogens is 332 g/mol. The molecule has 0 saturated carbocycles. The summed E-state index contributed by atoms with van der Waals surface area (Å²) in [5.74, 6) is -0.105. The minimum atomic E-state index is -0.549. The number of nitrogens with one attached hydrogen (secondary N) is 1. The monoisotopic (exact) mass is 348 g/mol. The number of para-hydroxylation sites is 1. The van der Waals surface area contributed by atoms with Gasteiger partial charge in [-0.25, -0.2) is 0 Å². The first kappa shape index (κ1) is 17.7. The molecule has 0 fully saturated rings. The van der Waals surface area contributed by atoms with Crippen molar-refractivity contribution in [3.63, 3.8) is 0 Å². The van der Waals surface area contributed by atoms with E-state index in [4.69, 9.17) is 16.3 Å². The van der Waals surface area contributed by atoms with Crippen LogP contribution in [0.25, 0.3) is 0 Å². The highest BCUT2D eigenvalue weighted by atomic mass is 35.5. The summed E-state index contributed by atoms with van der Waals surface area (Å²) in [5, 5.41) is 13.6. The lowest BCUT2D eigenvalue weighted by Gasteiger charge is -2.13. The highest BCUT2D eigenvalue weighted by molar-refractivity contribution is 6.32. The molecule has 126 valence electrons. The van der Waals surface area contributed by atoms with E-state index in [9.17, 15) is 14.9 Å². The summed E-state index contributed by atoms with van der Waals surface area (Å²) in [6, 6.07) is 9.65. The van der Waals surface area contributed by atoms with Gasteiger partial charge in [0.1, 0.15) is 5.75 Å². The van der Waals surface area contributed by atoms with E-state index >= 15 is 0 Å². The number of halogens is 1. The average Bonchev–Trinajstić information content (AvgIpc) is 2.55. The van der Waals surface area contributed by atoms with Crippen molar-refractivity contribution in [2.45, 2.75) is 20.3 Å². The van der Waals surface area contributed by atoms with Crippen LogP contribution in [0.5, 0.6) is 5.75 Å². The third-order valence-electron chi connectivity index (χ3n) is 3.49. The molecule has 0 aliphatic heterocycles. The van der Waals surface area contributed by atoms with E-state index in [1.165, 1.54) is 18.2 Å². The SMILES string of the molecule is CCc1cccc(C)c1NC(=O)COc1ccc([N+](=O)[O-])cc1Cl. The summed E-state index contributed by atoms with van der Waals surface area (Å²) in [7, 11) is 0. The number of ether oxygens (including phenoxy) is 1. The number of nitrogens with zero attached hydrogens (tertiary/aromatic N) is 1. The quantitative estimate of drug-likeness (QED) is 0.628. The first-order chi connectivity index (χ1) is 11.4. The van der Waals surface area contributed by atoms with Crippen LogP contribution in [0, 0.1) is 17.0 Å². The maximum Gasteiger partial charge on any atom is 0.271 e. The molecule has 2 aromatic rings. The second kappa shape index (κ2) is 7.79. The maximum atomic E-state index is 12.1. The van der Waals surface area contributed by atoms with Crippen molar-refractivity contribution in [1.82, 2.24) is 0 Å². The van der Waals surface area contributed by atoms with E-state index < -0.39 is 4.92 Å². The van der Waals surface area contributed by atoms with E-state index in [0.29, 0.717) is 0 Å². The van der Waals surface area contributed by atoms with Crippen LogP contribution in [0.15, 0.2) is 36.4 Å². The summed E-state index contributed by atoms with van der Waals surface area (Å²) in [6.07, 6.45) is 0.798. The highest BCUT2D eigenvalue weighted by Crippen LogP contribution is 2.28. The predicted octanol–water partition coefficient (Wildman–Crippen LogP) is 4.14. The standard InChI is InChI=1S/C17H17ClN2O4/c1-3-12-6-4-5-11(2)17(12)19-16(21)10-24-15-8-7-13(20(22)23)9-14(15)18/h4-9H,3,10H2,1-2H3,(H,19,21). The van der Waals surface area contributed by atoms with E-state index in [1.807, 2.05) is 32.0 Å². The number of hydrogen-bond donors (Lipinski definition) is 1. The Balaban J connectivity index is 2.03. The van der Waals surface area contributed by atoms with E-state index in [-0.39, 0.29) is 29.0 Å². The molecule has 2 aromatic carbocycles. The number of amides is 1. The largest absolute Gasteiger partial charge is 0.482 e. The van der Waals surface area contributed by atoms with Gasteiger partial charge in [0, 0.05) is 17.8 Å². The average molecular weight is 349 g/mol. The fourth-order valence-corrected chi connectivity index (χ4v) is 2.47. The van der Waals surface area contributed by atoms with Crippen LogP contribution in [0.1, 0.15) is 18.1 Å². The number of hydrogen-bond acceptors (Lipinski definition) is 4. The van der Waals surface area contributed by atoms with Gasteiger partial charge in [-0.3, -0.25) is 14.9 Å². The van der Waals surface area contributed by atoms with Gasteiger partial charge in [0.2, 0.25) is 0 Å². The van der Waals surface area contributed by atoms with Gasteiger partial charge < -0.3 is 10.1 Å². The summed E-state index contributed by atoms with van der Waals surface area (Å²) in [4.78, 5) is 22.2. The van der Waals surface area contributed by atoms with E-state index in [0.717, 1.165) is 23.2 Å². The highest BCUT2D eigenvalue weighted by Gasteiger charge is 2.13. The number of rotatable bonds is 6. The number of benzene rings is 2. The smallest absolute Gasteiger partial charge is 0.271 e. The Kier molecular flexibility index (Phi) is 5.76. The molecule has 1 N–H and O–H groups in total. The van der Waals surface area contributed by atoms with Gasteiger partial charge in [-0.2, -0.15) is 0 Å². The molecule has 0 radical (unpaired) electrons. The van der Waals surface area contributed by atoms with Crippen molar-refractivity contribution in [3.05, 3.63) is 62.7 Å². The Morgan fingerprint density at radius 1 is 1.33 bits per heavy atom. The van der Waals surface area contributed by atoms with Gasteiger partial charge in [-0.1, -0.05) is 36.7 Å². The summed E-state index contributed by atoms with van der Waals surface area (Å²) in [6.45, 7) is 3.69. The lowest BCUT2D eigenvalue weighted by atomic mass is 10.1. The Labute approximate surface area is 144 Å². The van der Waals surface area contributed by atoms with E-state index in [1.54, 1.807) is 0 Å². The van der Waals surface area contributed by atoms with Crippen molar-refractivity contribution in [1.29, 1.82) is 0 Å². The molecule has 24 heavy (non-hydrogen) atoms.